The number of amides is 1. The second-order valence-corrected chi connectivity index (χ2v) is 4.67. The summed E-state index contributed by atoms with van der Waals surface area (Å²) in [6.07, 6.45) is 1.18. The molecule has 0 aliphatic heterocycles. The van der Waals surface area contributed by atoms with Gasteiger partial charge in [0.05, 0.1) is 16.1 Å². The molecular formula is C12H8ClFN2OS. The van der Waals surface area contributed by atoms with Crippen molar-refractivity contribution < 1.29 is 9.18 Å². The van der Waals surface area contributed by atoms with Gasteiger partial charge >= 0.3 is 0 Å². The topological polar surface area (TPSA) is 41.5 Å². The average molecular weight is 283 g/mol. The van der Waals surface area contributed by atoms with Crippen molar-refractivity contribution in [1.29, 1.82) is 0 Å². The normalized spacial score (nSPS) is 10.8. The minimum atomic E-state index is -0.489. The zero-order chi connectivity index (χ0) is 13.0. The van der Waals surface area contributed by atoms with Crippen molar-refractivity contribution >= 4 is 35.1 Å². The molecular weight excluding hydrogens is 275 g/mol. The number of halogens is 2. The van der Waals surface area contributed by atoms with Crippen LogP contribution in [0.4, 0.5) is 4.39 Å². The highest BCUT2D eigenvalue weighted by Crippen LogP contribution is 2.16. The molecule has 0 unspecified atom stereocenters. The Morgan fingerprint density at radius 1 is 1.39 bits per heavy atom. The molecule has 0 atom stereocenters. The smallest absolute Gasteiger partial charge is 0.266 e. The molecule has 0 spiro atoms. The fourth-order valence-electron chi connectivity index (χ4n) is 1.25. The van der Waals surface area contributed by atoms with Crippen molar-refractivity contribution in [1.82, 2.24) is 5.43 Å². The predicted octanol–water partition coefficient (Wildman–Crippen LogP) is 3.30. The Morgan fingerprint density at radius 3 is 2.89 bits per heavy atom. The van der Waals surface area contributed by atoms with Gasteiger partial charge in [-0.2, -0.15) is 5.10 Å². The van der Waals surface area contributed by atoms with Crippen molar-refractivity contribution in [2.75, 3.05) is 0 Å². The number of hydrogen-bond acceptors (Lipinski definition) is 3. The van der Waals surface area contributed by atoms with Gasteiger partial charge in [-0.3, -0.25) is 4.79 Å². The number of benzene rings is 1. The van der Waals surface area contributed by atoms with Crippen LogP contribution >= 0.6 is 22.9 Å². The van der Waals surface area contributed by atoms with Crippen LogP contribution in [0.5, 0.6) is 0 Å². The molecule has 2 aromatic rings. The number of carbonyl (C=O) groups excluding carboxylic acids is 1. The fourth-order valence-corrected chi connectivity index (χ4v) is 2.08. The molecule has 0 aliphatic rings. The fraction of sp³-hybridized carbons (Fsp3) is 0. The molecule has 1 amide bonds. The number of nitrogens with one attached hydrogen (secondary N) is 1. The van der Waals surface area contributed by atoms with Crippen LogP contribution in [0.1, 0.15) is 15.2 Å². The lowest BCUT2D eigenvalue weighted by atomic mass is 10.2. The summed E-state index contributed by atoms with van der Waals surface area (Å²) in [5, 5.41) is 5.70. The van der Waals surface area contributed by atoms with Crippen LogP contribution in [-0.2, 0) is 0 Å². The van der Waals surface area contributed by atoms with E-state index in [-0.39, 0.29) is 16.5 Å². The Bertz CT molecular complexity index is 564. The van der Waals surface area contributed by atoms with E-state index >= 15 is 0 Å². The average Bonchev–Trinajstić information content (AvgIpc) is 2.86. The van der Waals surface area contributed by atoms with E-state index in [4.69, 9.17) is 11.6 Å². The van der Waals surface area contributed by atoms with Crippen LogP contribution < -0.4 is 5.43 Å². The summed E-state index contributed by atoms with van der Waals surface area (Å²) in [5.41, 5.74) is 2.45. The van der Waals surface area contributed by atoms with Crippen molar-refractivity contribution in [3.63, 3.8) is 0 Å². The number of hydrogen-bond donors (Lipinski definition) is 1. The Hall–Kier alpha value is -1.72. The van der Waals surface area contributed by atoms with Gasteiger partial charge in [-0.25, -0.2) is 9.82 Å². The van der Waals surface area contributed by atoms with E-state index in [0.717, 1.165) is 0 Å². The Balaban J connectivity index is 2.06. The Labute approximate surface area is 112 Å². The number of thiophene rings is 1. The molecule has 0 aliphatic carbocycles. The molecule has 0 radical (unpaired) electrons. The van der Waals surface area contributed by atoms with Crippen LogP contribution in [-0.4, -0.2) is 12.1 Å². The summed E-state index contributed by atoms with van der Waals surface area (Å²) in [5.74, 6) is -0.828. The molecule has 92 valence electrons. The summed E-state index contributed by atoms with van der Waals surface area (Å²) in [4.78, 5) is 12.1. The van der Waals surface area contributed by atoms with Gasteiger partial charge in [0.1, 0.15) is 5.82 Å². The molecule has 1 heterocycles. The van der Waals surface area contributed by atoms with Crippen molar-refractivity contribution in [3.8, 4) is 0 Å². The van der Waals surface area contributed by atoms with E-state index in [2.05, 4.69) is 10.5 Å². The van der Waals surface area contributed by atoms with Crippen LogP contribution in [0.2, 0.25) is 5.02 Å². The van der Waals surface area contributed by atoms with E-state index in [1.54, 1.807) is 23.6 Å². The van der Waals surface area contributed by atoms with Crippen molar-refractivity contribution in [3.05, 3.63) is 57.0 Å². The zero-order valence-corrected chi connectivity index (χ0v) is 10.6. The lowest BCUT2D eigenvalue weighted by Crippen LogP contribution is -2.16. The number of rotatable bonds is 3. The van der Waals surface area contributed by atoms with Gasteiger partial charge in [-0.05, 0) is 23.6 Å². The zero-order valence-electron chi connectivity index (χ0n) is 9.06. The monoisotopic (exact) mass is 282 g/mol. The second kappa shape index (κ2) is 5.75. The lowest BCUT2D eigenvalue weighted by molar-refractivity contribution is 0.0959. The van der Waals surface area contributed by atoms with Crippen LogP contribution in [0.15, 0.2) is 40.8 Å². The first-order valence-corrected chi connectivity index (χ1v) is 6.25. The summed E-state index contributed by atoms with van der Waals surface area (Å²) in [6.45, 7) is 0. The summed E-state index contributed by atoms with van der Waals surface area (Å²) >= 11 is 7.10. The van der Waals surface area contributed by atoms with Crippen LogP contribution in [0.3, 0.4) is 0 Å². The molecule has 0 saturated carbocycles. The maximum absolute atomic E-state index is 13.4. The quantitative estimate of drug-likeness (QED) is 0.681. The number of nitrogens with zero attached hydrogens (tertiary/aromatic N) is 1. The first-order valence-electron chi connectivity index (χ1n) is 4.99. The third kappa shape index (κ3) is 2.94. The third-order valence-corrected chi connectivity index (χ3v) is 3.30. The van der Waals surface area contributed by atoms with E-state index in [1.807, 2.05) is 0 Å². The Morgan fingerprint density at radius 2 is 2.22 bits per heavy atom. The molecule has 0 fully saturated rings. The summed E-state index contributed by atoms with van der Waals surface area (Å²) in [7, 11) is 0. The highest BCUT2D eigenvalue weighted by molar-refractivity contribution is 7.12. The molecule has 6 heteroatoms. The highest BCUT2D eigenvalue weighted by atomic mass is 35.5. The standard InChI is InChI=1S/C12H8ClFN2OS/c13-9-3-1-4-10(14)8(9)7-15-16-12(17)11-5-2-6-18-11/h1-7H,(H,16,17)/b15-7+. The maximum Gasteiger partial charge on any atom is 0.281 e. The van der Waals surface area contributed by atoms with Gasteiger partial charge in [-0.15, -0.1) is 11.3 Å². The van der Waals surface area contributed by atoms with E-state index in [1.165, 1.54) is 29.7 Å². The van der Waals surface area contributed by atoms with Crippen LogP contribution in [0, 0.1) is 5.82 Å². The number of hydrazone groups is 1. The molecule has 1 N–H and O–H groups in total. The van der Waals surface area contributed by atoms with Gasteiger partial charge in [0, 0.05) is 5.56 Å². The summed E-state index contributed by atoms with van der Waals surface area (Å²) in [6, 6.07) is 7.75. The van der Waals surface area contributed by atoms with Gasteiger partial charge in [0.2, 0.25) is 0 Å². The van der Waals surface area contributed by atoms with Gasteiger partial charge < -0.3 is 0 Å². The van der Waals surface area contributed by atoms with Gasteiger partial charge in [0.25, 0.3) is 5.91 Å². The van der Waals surface area contributed by atoms with E-state index < -0.39 is 5.82 Å². The van der Waals surface area contributed by atoms with Crippen molar-refractivity contribution in [2.45, 2.75) is 0 Å². The van der Waals surface area contributed by atoms with Crippen LogP contribution in [0.25, 0.3) is 0 Å². The maximum atomic E-state index is 13.4. The first-order chi connectivity index (χ1) is 8.68. The largest absolute Gasteiger partial charge is 0.281 e. The van der Waals surface area contributed by atoms with Gasteiger partial charge in [-0.1, -0.05) is 23.7 Å². The second-order valence-electron chi connectivity index (χ2n) is 3.31. The molecule has 0 saturated heterocycles. The molecule has 18 heavy (non-hydrogen) atoms. The highest BCUT2D eigenvalue weighted by Gasteiger charge is 2.06. The SMILES string of the molecule is O=C(N/N=C/c1c(F)cccc1Cl)c1cccs1. The molecule has 3 nitrogen and oxygen atoms in total. The number of carbonyl (C=O) groups is 1. The molecule has 1 aromatic carbocycles. The molecule has 0 bridgehead atoms. The van der Waals surface area contributed by atoms with Gasteiger partial charge in [0.15, 0.2) is 0 Å². The minimum Gasteiger partial charge on any atom is -0.266 e. The lowest BCUT2D eigenvalue weighted by Gasteiger charge is -1.99. The Kier molecular flexibility index (Phi) is 4.07. The molecule has 2 rings (SSSR count). The first kappa shape index (κ1) is 12.7. The molecule has 1 aromatic heterocycles. The predicted molar refractivity (Wildman–Crippen MR) is 70.8 cm³/mol. The van der Waals surface area contributed by atoms with E-state index in [0.29, 0.717) is 4.88 Å². The summed E-state index contributed by atoms with van der Waals surface area (Å²) < 4.78 is 13.4. The van der Waals surface area contributed by atoms with Crippen molar-refractivity contribution in [2.24, 2.45) is 5.10 Å². The third-order valence-electron chi connectivity index (χ3n) is 2.10. The minimum absolute atomic E-state index is 0.144. The van der Waals surface area contributed by atoms with E-state index in [9.17, 15) is 9.18 Å².